The van der Waals surface area contributed by atoms with E-state index in [1.54, 1.807) is 0 Å². The molecule has 0 spiro atoms. The molecule has 32 heavy (non-hydrogen) atoms. The molecule has 2 aliphatic carbocycles. The fourth-order valence-corrected chi connectivity index (χ4v) is 7.12. The quantitative estimate of drug-likeness (QED) is 0.528. The molecule has 0 unspecified atom stereocenters. The van der Waals surface area contributed by atoms with Crippen molar-refractivity contribution in [1.29, 1.82) is 0 Å². The van der Waals surface area contributed by atoms with Crippen molar-refractivity contribution in [2.24, 2.45) is 5.92 Å². The lowest BCUT2D eigenvalue weighted by atomic mass is 9.52. The fourth-order valence-electron chi connectivity index (χ4n) is 7.12. The third kappa shape index (κ3) is 3.36. The highest BCUT2D eigenvalue weighted by atomic mass is 16.3. The average molecular weight is 424 g/mol. The van der Waals surface area contributed by atoms with Crippen molar-refractivity contribution in [3.63, 3.8) is 0 Å². The van der Waals surface area contributed by atoms with Crippen LogP contribution in [0.3, 0.4) is 0 Å². The Morgan fingerprint density at radius 3 is 2.53 bits per heavy atom. The smallest absolute Gasteiger partial charge is 0.115 e. The Labute approximate surface area is 191 Å². The molecule has 1 N–H and O–H groups in total. The third-order valence-corrected chi connectivity index (χ3v) is 8.68. The van der Waals surface area contributed by atoms with Gasteiger partial charge in [-0.2, -0.15) is 0 Å². The Balaban J connectivity index is 1.21. The fraction of sp³-hybridized carbons (Fsp3) is 0.400. The average Bonchev–Trinajstić information content (AvgIpc) is 2.85. The first-order chi connectivity index (χ1) is 15.7. The summed E-state index contributed by atoms with van der Waals surface area (Å²) in [6.07, 6.45) is 8.87. The van der Waals surface area contributed by atoms with Gasteiger partial charge in [0.15, 0.2) is 0 Å². The molecule has 0 amide bonds. The number of phenols is 1. The van der Waals surface area contributed by atoms with Crippen LogP contribution in [-0.4, -0.2) is 29.1 Å². The van der Waals surface area contributed by atoms with Crippen LogP contribution in [0.5, 0.6) is 5.75 Å². The number of rotatable bonds is 4. The number of aromatic hydroxyl groups is 1. The highest BCUT2D eigenvalue weighted by molar-refractivity contribution is 5.63. The lowest BCUT2D eigenvalue weighted by Crippen LogP contribution is -2.61. The topological polar surface area (TPSA) is 23.5 Å². The Hall–Kier alpha value is -2.58. The van der Waals surface area contributed by atoms with Crippen molar-refractivity contribution < 1.29 is 5.11 Å². The first-order valence-corrected chi connectivity index (χ1v) is 12.4. The molecule has 2 fully saturated rings. The lowest BCUT2D eigenvalue weighted by Gasteiger charge is -2.59. The molecule has 0 aromatic heterocycles. The van der Waals surface area contributed by atoms with Gasteiger partial charge in [-0.05, 0) is 84.5 Å². The molecule has 6 rings (SSSR count). The number of benzene rings is 3. The molecular formula is C30H33NO. The van der Waals surface area contributed by atoms with E-state index in [0.29, 0.717) is 17.2 Å². The third-order valence-electron chi connectivity index (χ3n) is 8.68. The van der Waals surface area contributed by atoms with Crippen LogP contribution in [0.2, 0.25) is 0 Å². The van der Waals surface area contributed by atoms with Gasteiger partial charge in [-0.25, -0.2) is 0 Å². The molecule has 1 aliphatic heterocycles. The van der Waals surface area contributed by atoms with Crippen LogP contribution in [0.1, 0.15) is 48.8 Å². The summed E-state index contributed by atoms with van der Waals surface area (Å²) in [5.74, 6) is 1.20. The van der Waals surface area contributed by atoms with Gasteiger partial charge < -0.3 is 5.11 Å². The Morgan fingerprint density at radius 1 is 0.875 bits per heavy atom. The van der Waals surface area contributed by atoms with Crippen LogP contribution in [0, 0.1) is 5.92 Å². The van der Waals surface area contributed by atoms with Crippen LogP contribution < -0.4 is 0 Å². The van der Waals surface area contributed by atoms with Gasteiger partial charge in [0.1, 0.15) is 5.75 Å². The maximum atomic E-state index is 10.2. The van der Waals surface area contributed by atoms with E-state index in [9.17, 15) is 5.11 Å². The maximum Gasteiger partial charge on any atom is 0.115 e. The number of piperidine rings is 1. The Bertz CT molecular complexity index is 1090. The predicted octanol–water partition coefficient (Wildman–Crippen LogP) is 6.36. The molecule has 1 saturated heterocycles. The van der Waals surface area contributed by atoms with Gasteiger partial charge in [-0.15, -0.1) is 0 Å². The molecule has 2 nitrogen and oxygen atoms in total. The van der Waals surface area contributed by atoms with Gasteiger partial charge in [-0.1, -0.05) is 73.5 Å². The van der Waals surface area contributed by atoms with E-state index in [1.165, 1.54) is 66.5 Å². The van der Waals surface area contributed by atoms with Gasteiger partial charge >= 0.3 is 0 Å². The monoisotopic (exact) mass is 423 g/mol. The molecule has 3 aliphatic rings. The van der Waals surface area contributed by atoms with E-state index >= 15 is 0 Å². The van der Waals surface area contributed by atoms with Crippen LogP contribution in [-0.2, 0) is 18.3 Å². The summed E-state index contributed by atoms with van der Waals surface area (Å²) < 4.78 is 0. The van der Waals surface area contributed by atoms with E-state index in [2.05, 4.69) is 71.6 Å². The first kappa shape index (κ1) is 20.1. The minimum Gasteiger partial charge on any atom is -0.508 e. The van der Waals surface area contributed by atoms with Crippen LogP contribution >= 0.6 is 0 Å². The van der Waals surface area contributed by atoms with Crippen molar-refractivity contribution in [2.75, 3.05) is 13.1 Å². The minimum atomic E-state index is 0.309. The molecule has 3 aromatic carbocycles. The normalized spacial score (nSPS) is 26.9. The molecule has 2 heteroatoms. The number of hydrogen-bond acceptors (Lipinski definition) is 2. The highest BCUT2D eigenvalue weighted by Crippen LogP contribution is 2.56. The summed E-state index contributed by atoms with van der Waals surface area (Å²) in [4.78, 5) is 2.80. The van der Waals surface area contributed by atoms with Crippen LogP contribution in [0.4, 0.5) is 0 Å². The first-order valence-electron chi connectivity index (χ1n) is 12.4. The second-order valence-electron chi connectivity index (χ2n) is 10.2. The second kappa shape index (κ2) is 8.08. The Morgan fingerprint density at radius 2 is 1.69 bits per heavy atom. The number of hydrogen-bond donors (Lipinski definition) is 1. The van der Waals surface area contributed by atoms with Gasteiger partial charge in [-0.3, -0.25) is 4.90 Å². The van der Waals surface area contributed by atoms with Gasteiger partial charge in [0.05, 0.1) is 0 Å². The van der Waals surface area contributed by atoms with Crippen molar-refractivity contribution in [1.82, 2.24) is 4.90 Å². The maximum absolute atomic E-state index is 10.2. The van der Waals surface area contributed by atoms with Gasteiger partial charge in [0.2, 0.25) is 0 Å². The molecule has 0 radical (unpaired) electrons. The SMILES string of the molecule is Oc1ccc2c(c1)[C@]13CCCC[C@H]1[C@H](C2)N(CCc1ccc(-c2ccccc2)cc1)CC3. The van der Waals surface area contributed by atoms with Crippen LogP contribution in [0.15, 0.2) is 72.8 Å². The zero-order valence-electron chi connectivity index (χ0n) is 18.8. The number of likely N-dealkylation sites (tertiary alicyclic amines) is 1. The second-order valence-corrected chi connectivity index (χ2v) is 10.2. The molecule has 164 valence electrons. The molecule has 3 atom stereocenters. The van der Waals surface area contributed by atoms with E-state index < -0.39 is 0 Å². The van der Waals surface area contributed by atoms with E-state index in [1.807, 2.05) is 6.07 Å². The summed E-state index contributed by atoms with van der Waals surface area (Å²) in [5, 5.41) is 10.2. The molecule has 1 saturated carbocycles. The van der Waals surface area contributed by atoms with Crippen LogP contribution in [0.25, 0.3) is 11.1 Å². The summed E-state index contributed by atoms with van der Waals surface area (Å²) in [5.41, 5.74) is 7.30. The highest BCUT2D eigenvalue weighted by Gasteiger charge is 2.53. The van der Waals surface area contributed by atoms with Crippen molar-refractivity contribution >= 4 is 0 Å². The molecule has 1 heterocycles. The van der Waals surface area contributed by atoms with E-state index in [0.717, 1.165) is 25.3 Å². The molecule has 2 bridgehead atoms. The number of phenolic OH excluding ortho intramolecular Hbond substituents is 1. The molecule has 3 aromatic rings. The standard InChI is InChI=1S/C30H33NO/c32-26-14-13-25-20-29-27-8-4-5-16-30(27,28(25)21-26)17-19-31(29)18-15-22-9-11-24(12-10-22)23-6-2-1-3-7-23/h1-3,6-7,9-14,21,27,29,32H,4-5,8,15-20H2/t27-,29-,30-/m0/s1. The predicted molar refractivity (Wildman–Crippen MR) is 131 cm³/mol. The number of fused-ring (bicyclic) bond motifs is 1. The van der Waals surface area contributed by atoms with Crippen molar-refractivity contribution in [3.8, 4) is 16.9 Å². The number of nitrogens with zero attached hydrogens (tertiary/aromatic N) is 1. The summed E-state index contributed by atoms with van der Waals surface area (Å²) in [6.45, 7) is 2.34. The van der Waals surface area contributed by atoms with Crippen molar-refractivity contribution in [3.05, 3.63) is 89.5 Å². The van der Waals surface area contributed by atoms with Gasteiger partial charge in [0.25, 0.3) is 0 Å². The largest absolute Gasteiger partial charge is 0.508 e. The minimum absolute atomic E-state index is 0.309. The van der Waals surface area contributed by atoms with E-state index in [-0.39, 0.29) is 0 Å². The summed E-state index contributed by atoms with van der Waals surface area (Å²) >= 11 is 0. The Kier molecular flexibility index (Phi) is 5.07. The lowest BCUT2D eigenvalue weighted by molar-refractivity contribution is -0.0106. The summed E-state index contributed by atoms with van der Waals surface area (Å²) in [7, 11) is 0. The zero-order chi connectivity index (χ0) is 21.5. The van der Waals surface area contributed by atoms with E-state index in [4.69, 9.17) is 0 Å². The van der Waals surface area contributed by atoms with Gasteiger partial charge in [0, 0.05) is 18.0 Å². The zero-order valence-corrected chi connectivity index (χ0v) is 18.8. The van der Waals surface area contributed by atoms with Crippen molar-refractivity contribution in [2.45, 2.75) is 56.4 Å². The summed E-state index contributed by atoms with van der Waals surface area (Å²) in [6, 6.07) is 26.7. The molecular weight excluding hydrogens is 390 g/mol.